The Bertz CT molecular complexity index is 719. The van der Waals surface area contributed by atoms with Crippen LogP contribution in [0.2, 0.25) is 0 Å². The third-order valence-corrected chi connectivity index (χ3v) is 11.2. The van der Waals surface area contributed by atoms with E-state index in [1.807, 2.05) is 7.05 Å². The van der Waals surface area contributed by atoms with Gasteiger partial charge in [-0.25, -0.2) is 0 Å². The first-order chi connectivity index (χ1) is 14.5. The predicted molar refractivity (Wildman–Crippen MR) is 129 cm³/mol. The number of fused-ring (bicyclic) bond motifs is 5. The molecule has 1 aliphatic heterocycles. The van der Waals surface area contributed by atoms with E-state index in [4.69, 9.17) is 0 Å². The molecule has 0 spiro atoms. The largest absolute Gasteiger partial charge is 0.355 e. The molecule has 0 aromatic rings. The van der Waals surface area contributed by atoms with E-state index in [1.54, 1.807) is 11.8 Å². The summed E-state index contributed by atoms with van der Waals surface area (Å²) in [5.41, 5.74) is 0.661. The van der Waals surface area contributed by atoms with Gasteiger partial charge in [0.25, 0.3) is 0 Å². The first kappa shape index (κ1) is 23.4. The van der Waals surface area contributed by atoms with Crippen LogP contribution in [-0.4, -0.2) is 46.8 Å². The molecule has 0 aromatic carbocycles. The average molecular weight is 449 g/mol. The van der Waals surface area contributed by atoms with Gasteiger partial charge >= 0.3 is 0 Å². The van der Waals surface area contributed by atoms with Crippen molar-refractivity contribution < 1.29 is 9.59 Å². The van der Waals surface area contributed by atoms with Crippen LogP contribution in [0.1, 0.15) is 86.0 Å². The molecule has 1 saturated heterocycles. The van der Waals surface area contributed by atoms with Gasteiger partial charge < -0.3 is 10.2 Å². The fourth-order valence-corrected chi connectivity index (χ4v) is 8.83. The molecular weight excluding hydrogens is 404 g/mol. The third kappa shape index (κ3) is 4.17. The maximum atomic E-state index is 12.4. The monoisotopic (exact) mass is 448 g/mol. The molecular formula is C26H44N2O2S. The molecule has 5 heteroatoms. The number of amides is 2. The zero-order valence-corrected chi connectivity index (χ0v) is 21.4. The van der Waals surface area contributed by atoms with Crippen molar-refractivity contribution in [3.05, 3.63) is 0 Å². The van der Waals surface area contributed by atoms with Crippen molar-refractivity contribution in [3.8, 4) is 0 Å². The van der Waals surface area contributed by atoms with Crippen molar-refractivity contribution in [3.63, 3.8) is 0 Å². The lowest BCUT2D eigenvalue weighted by Crippen LogP contribution is -2.61. The van der Waals surface area contributed by atoms with Crippen LogP contribution in [-0.2, 0) is 9.59 Å². The smallest absolute Gasteiger partial charge is 0.230 e. The Labute approximate surface area is 194 Å². The second kappa shape index (κ2) is 8.25. The Morgan fingerprint density at radius 3 is 2.48 bits per heavy atom. The molecule has 2 amide bonds. The van der Waals surface area contributed by atoms with Crippen molar-refractivity contribution in [2.24, 2.45) is 34.5 Å². The summed E-state index contributed by atoms with van der Waals surface area (Å²) in [6.07, 6.45) is 9.45. The van der Waals surface area contributed by atoms with Gasteiger partial charge in [-0.2, -0.15) is 0 Å². The lowest BCUT2D eigenvalue weighted by molar-refractivity contribution is -0.158. The summed E-state index contributed by atoms with van der Waals surface area (Å²) < 4.78 is 0.132. The highest BCUT2D eigenvalue weighted by molar-refractivity contribution is 8.01. The molecule has 4 aliphatic rings. The zero-order chi connectivity index (χ0) is 22.6. The zero-order valence-electron chi connectivity index (χ0n) is 20.6. The van der Waals surface area contributed by atoms with E-state index in [-0.39, 0.29) is 10.7 Å². The summed E-state index contributed by atoms with van der Waals surface area (Å²) in [6, 6.07) is 0.441. The minimum atomic E-state index is 0.132. The number of likely N-dealkylation sites (tertiary alicyclic amines) is 1. The van der Waals surface area contributed by atoms with E-state index in [0.29, 0.717) is 34.4 Å². The summed E-state index contributed by atoms with van der Waals surface area (Å²) in [6.45, 7) is 12.4. The number of rotatable bonds is 4. The van der Waals surface area contributed by atoms with Crippen LogP contribution in [0, 0.1) is 34.5 Å². The molecule has 4 rings (SSSR count). The predicted octanol–water partition coefficient (Wildman–Crippen LogP) is 5.11. The molecule has 0 radical (unpaired) electrons. The highest BCUT2D eigenvalue weighted by atomic mass is 32.2. The van der Waals surface area contributed by atoms with Gasteiger partial charge in [-0.1, -0.05) is 34.6 Å². The van der Waals surface area contributed by atoms with E-state index in [1.165, 1.54) is 38.5 Å². The van der Waals surface area contributed by atoms with Crippen LogP contribution < -0.4 is 5.32 Å². The molecule has 0 aromatic heterocycles. The van der Waals surface area contributed by atoms with Gasteiger partial charge in [0.15, 0.2) is 0 Å². The summed E-state index contributed by atoms with van der Waals surface area (Å²) in [4.78, 5) is 26.9. The molecule has 4 nitrogen and oxygen atoms in total. The summed E-state index contributed by atoms with van der Waals surface area (Å²) in [5, 5.41) is 3.29. The summed E-state index contributed by atoms with van der Waals surface area (Å²) >= 11 is 1.73. The molecule has 3 aliphatic carbocycles. The van der Waals surface area contributed by atoms with Crippen molar-refractivity contribution in [2.45, 2.75) is 96.8 Å². The molecule has 31 heavy (non-hydrogen) atoms. The van der Waals surface area contributed by atoms with Gasteiger partial charge in [-0.15, -0.1) is 11.8 Å². The molecule has 0 bridgehead atoms. The minimum absolute atomic E-state index is 0.132. The normalized spacial score (nSPS) is 42.6. The highest BCUT2D eigenvalue weighted by Crippen LogP contribution is 2.66. The van der Waals surface area contributed by atoms with Gasteiger partial charge in [0.05, 0.1) is 5.75 Å². The summed E-state index contributed by atoms with van der Waals surface area (Å²) in [5.74, 6) is 4.08. The first-order valence-corrected chi connectivity index (χ1v) is 13.6. The van der Waals surface area contributed by atoms with Crippen molar-refractivity contribution >= 4 is 23.6 Å². The van der Waals surface area contributed by atoms with Gasteiger partial charge in [0.2, 0.25) is 11.8 Å². The second-order valence-corrected chi connectivity index (χ2v) is 14.3. The standard InChI is InChI=1S/C26H44N2O2S/c1-24(2,3)31-16-22(29)27-15-17-7-9-19-18-8-10-21-26(5,14-12-23(30)28(21)6)20(18)11-13-25(17,19)4/h17-21H,7-16H2,1-6H3,(H,27,29)/t17-,18+,19+,20+,21-,25-,26-/m1/s1. The van der Waals surface area contributed by atoms with Crippen LogP contribution >= 0.6 is 11.8 Å². The maximum absolute atomic E-state index is 12.4. The van der Waals surface area contributed by atoms with E-state index in [9.17, 15) is 9.59 Å². The molecule has 3 saturated carbocycles. The second-order valence-electron chi connectivity index (χ2n) is 12.5. The van der Waals surface area contributed by atoms with Crippen LogP contribution in [0.25, 0.3) is 0 Å². The van der Waals surface area contributed by atoms with Crippen LogP contribution in [0.3, 0.4) is 0 Å². The SMILES string of the molecule is CN1C(=O)CC[C@]2(C)[C@H]3CC[C@]4(C)[C@@H](CNC(=O)CSC(C)(C)C)CC[C@H]4[C@@H]3CC[C@@H]12. The van der Waals surface area contributed by atoms with Crippen LogP contribution in [0.4, 0.5) is 0 Å². The quantitative estimate of drug-likeness (QED) is 0.650. The van der Waals surface area contributed by atoms with Crippen molar-refractivity contribution in [2.75, 3.05) is 19.3 Å². The Morgan fingerprint density at radius 2 is 1.77 bits per heavy atom. The maximum Gasteiger partial charge on any atom is 0.230 e. The average Bonchev–Trinajstić information content (AvgIpc) is 3.04. The Kier molecular flexibility index (Phi) is 6.24. The molecule has 1 heterocycles. The minimum Gasteiger partial charge on any atom is -0.355 e. The number of hydrogen-bond acceptors (Lipinski definition) is 3. The van der Waals surface area contributed by atoms with E-state index < -0.39 is 0 Å². The summed E-state index contributed by atoms with van der Waals surface area (Å²) in [7, 11) is 2.05. The van der Waals surface area contributed by atoms with Gasteiger partial charge in [0.1, 0.15) is 0 Å². The number of nitrogens with zero attached hydrogens (tertiary/aromatic N) is 1. The molecule has 7 atom stereocenters. The van der Waals surface area contributed by atoms with E-state index in [2.05, 4.69) is 44.8 Å². The topological polar surface area (TPSA) is 49.4 Å². The fraction of sp³-hybridized carbons (Fsp3) is 0.923. The number of hydrogen-bond donors (Lipinski definition) is 1. The molecule has 1 N–H and O–H groups in total. The van der Waals surface area contributed by atoms with E-state index >= 15 is 0 Å². The fourth-order valence-electron chi connectivity index (χ4n) is 8.16. The lowest BCUT2D eigenvalue weighted by Gasteiger charge is -2.61. The van der Waals surface area contributed by atoms with Crippen LogP contribution in [0.5, 0.6) is 0 Å². The first-order valence-electron chi connectivity index (χ1n) is 12.6. The molecule has 0 unspecified atom stereocenters. The van der Waals surface area contributed by atoms with Crippen LogP contribution in [0.15, 0.2) is 0 Å². The number of carbonyl (C=O) groups excluding carboxylic acids is 2. The Hall–Kier alpha value is -0.710. The van der Waals surface area contributed by atoms with Crippen molar-refractivity contribution in [1.82, 2.24) is 10.2 Å². The lowest BCUT2D eigenvalue weighted by atomic mass is 9.47. The van der Waals surface area contributed by atoms with Gasteiger partial charge in [-0.05, 0) is 79.4 Å². The van der Waals surface area contributed by atoms with E-state index in [0.717, 1.165) is 37.1 Å². The Morgan fingerprint density at radius 1 is 1.06 bits per heavy atom. The van der Waals surface area contributed by atoms with Crippen molar-refractivity contribution in [1.29, 1.82) is 0 Å². The van der Waals surface area contributed by atoms with Gasteiger partial charge in [-0.3, -0.25) is 9.59 Å². The molecule has 176 valence electrons. The number of carbonyl (C=O) groups is 2. The highest BCUT2D eigenvalue weighted by Gasteiger charge is 2.60. The number of nitrogens with one attached hydrogen (secondary N) is 1. The number of thioether (sulfide) groups is 1. The number of piperidine rings is 1. The third-order valence-electron chi connectivity index (χ3n) is 9.94. The molecule has 4 fully saturated rings. The Balaban J connectivity index is 1.41. The van der Waals surface area contributed by atoms with Gasteiger partial charge in [0, 0.05) is 30.8 Å².